The zero-order valence-corrected chi connectivity index (χ0v) is 21.9. The SMILES string of the molecule is COC(=O)c1c(-n2c(C)cc(/C=C3\C(=O)NC(=S)N(c4cccc(C)c4)C3=O)c2C)sc(C)c1C. The molecule has 0 saturated carbocycles. The maximum Gasteiger partial charge on any atom is 0.341 e. The fourth-order valence-corrected chi connectivity index (χ4v) is 5.71. The standard InChI is InChI=1S/C26H25N3O4S2/c1-13-8-7-9-19(10-13)29-23(31)20(22(30)27-26(29)34)12-18-11-14(2)28(16(18)4)24-21(25(32)33-6)15(3)17(5)35-24/h7-12H,1-6H3,(H,27,30,34)/b20-12+. The van der Waals surface area contributed by atoms with Crippen molar-refractivity contribution in [1.82, 2.24) is 9.88 Å². The third kappa shape index (κ3) is 4.21. The molecule has 0 bridgehead atoms. The van der Waals surface area contributed by atoms with Gasteiger partial charge in [0, 0.05) is 16.3 Å². The quantitative estimate of drug-likeness (QED) is 0.240. The van der Waals surface area contributed by atoms with Crippen LogP contribution in [0.3, 0.4) is 0 Å². The number of nitrogens with zero attached hydrogens (tertiary/aromatic N) is 2. The monoisotopic (exact) mass is 507 g/mol. The zero-order valence-electron chi connectivity index (χ0n) is 20.3. The summed E-state index contributed by atoms with van der Waals surface area (Å²) in [6.07, 6.45) is 1.58. The van der Waals surface area contributed by atoms with Gasteiger partial charge in [-0.05, 0) is 87.8 Å². The van der Waals surface area contributed by atoms with Gasteiger partial charge in [0.1, 0.15) is 10.6 Å². The lowest BCUT2D eigenvalue weighted by atomic mass is 10.1. The maximum absolute atomic E-state index is 13.4. The molecule has 0 aliphatic carbocycles. The highest BCUT2D eigenvalue weighted by Crippen LogP contribution is 2.35. The Kier molecular flexibility index (Phi) is 6.48. The summed E-state index contributed by atoms with van der Waals surface area (Å²) in [5, 5.41) is 3.41. The average Bonchev–Trinajstić information content (AvgIpc) is 3.24. The van der Waals surface area contributed by atoms with Crippen LogP contribution >= 0.6 is 23.6 Å². The van der Waals surface area contributed by atoms with Gasteiger partial charge >= 0.3 is 5.97 Å². The molecule has 3 aromatic rings. The molecule has 4 rings (SSSR count). The molecule has 180 valence electrons. The number of rotatable bonds is 4. The van der Waals surface area contributed by atoms with Crippen molar-refractivity contribution >= 4 is 58.2 Å². The molecule has 0 radical (unpaired) electrons. The Bertz CT molecular complexity index is 1440. The first kappa shape index (κ1) is 24.6. The van der Waals surface area contributed by atoms with E-state index in [4.69, 9.17) is 17.0 Å². The first-order valence-corrected chi connectivity index (χ1v) is 12.1. The van der Waals surface area contributed by atoms with Crippen LogP contribution in [-0.4, -0.2) is 34.6 Å². The molecule has 1 fully saturated rings. The molecule has 9 heteroatoms. The van der Waals surface area contributed by atoms with Crippen LogP contribution in [0.4, 0.5) is 5.69 Å². The molecule has 3 heterocycles. The molecular formula is C26H25N3O4S2. The first-order valence-electron chi connectivity index (χ1n) is 10.9. The van der Waals surface area contributed by atoms with Gasteiger partial charge < -0.3 is 9.30 Å². The van der Waals surface area contributed by atoms with E-state index < -0.39 is 17.8 Å². The Labute approximate surface area is 213 Å². The van der Waals surface area contributed by atoms with Crippen LogP contribution < -0.4 is 10.2 Å². The normalized spacial score (nSPS) is 15.1. The highest BCUT2D eigenvalue weighted by molar-refractivity contribution is 7.80. The molecule has 35 heavy (non-hydrogen) atoms. The lowest BCUT2D eigenvalue weighted by molar-refractivity contribution is -0.122. The number of thiophene rings is 1. The predicted molar refractivity (Wildman–Crippen MR) is 141 cm³/mol. The zero-order chi connectivity index (χ0) is 25.6. The molecule has 1 saturated heterocycles. The van der Waals surface area contributed by atoms with Crippen molar-refractivity contribution in [3.8, 4) is 5.00 Å². The van der Waals surface area contributed by atoms with Crippen LogP contribution in [0.25, 0.3) is 11.1 Å². The number of nitrogens with one attached hydrogen (secondary N) is 1. The Morgan fingerprint density at radius 1 is 1.11 bits per heavy atom. The number of amides is 2. The van der Waals surface area contributed by atoms with Crippen LogP contribution in [0, 0.1) is 34.6 Å². The van der Waals surface area contributed by atoms with E-state index in [1.54, 1.807) is 12.1 Å². The molecule has 2 amide bonds. The molecule has 0 spiro atoms. The molecule has 1 aromatic carbocycles. The number of benzene rings is 1. The maximum atomic E-state index is 13.4. The summed E-state index contributed by atoms with van der Waals surface area (Å²) in [5.74, 6) is -1.45. The third-order valence-electron chi connectivity index (χ3n) is 6.09. The lowest BCUT2D eigenvalue weighted by Crippen LogP contribution is -2.54. The number of aryl methyl sites for hydroxylation is 3. The van der Waals surface area contributed by atoms with Crippen molar-refractivity contribution in [2.24, 2.45) is 0 Å². The van der Waals surface area contributed by atoms with Crippen molar-refractivity contribution in [2.75, 3.05) is 12.0 Å². The molecule has 7 nitrogen and oxygen atoms in total. The van der Waals surface area contributed by atoms with E-state index in [2.05, 4.69) is 5.32 Å². The van der Waals surface area contributed by atoms with Crippen molar-refractivity contribution in [1.29, 1.82) is 0 Å². The molecule has 2 aromatic heterocycles. The number of thiocarbonyl (C=S) groups is 1. The second-order valence-electron chi connectivity index (χ2n) is 8.41. The van der Waals surface area contributed by atoms with Crippen LogP contribution in [0.2, 0.25) is 0 Å². The van der Waals surface area contributed by atoms with E-state index in [9.17, 15) is 14.4 Å². The van der Waals surface area contributed by atoms with Crippen molar-refractivity contribution in [2.45, 2.75) is 34.6 Å². The number of carbonyl (C=O) groups is 3. The number of aromatic nitrogens is 1. The Morgan fingerprint density at radius 2 is 1.83 bits per heavy atom. The second-order valence-corrected chi connectivity index (χ2v) is 10.0. The van der Waals surface area contributed by atoms with Gasteiger partial charge in [-0.15, -0.1) is 11.3 Å². The highest BCUT2D eigenvalue weighted by Gasteiger charge is 2.35. The van der Waals surface area contributed by atoms with Crippen molar-refractivity contribution < 1.29 is 19.1 Å². The van der Waals surface area contributed by atoms with Gasteiger partial charge in [-0.25, -0.2) is 4.79 Å². The summed E-state index contributed by atoms with van der Waals surface area (Å²) >= 11 is 6.80. The number of methoxy groups -OCH3 is 1. The predicted octanol–water partition coefficient (Wildman–Crippen LogP) is 4.70. The van der Waals surface area contributed by atoms with Gasteiger partial charge in [0.2, 0.25) is 0 Å². The van der Waals surface area contributed by atoms with Crippen LogP contribution in [-0.2, 0) is 14.3 Å². The Balaban J connectivity index is 1.82. The molecule has 0 atom stereocenters. The number of anilines is 1. The van der Waals surface area contributed by atoms with Crippen LogP contribution in [0.5, 0.6) is 0 Å². The molecular weight excluding hydrogens is 482 g/mol. The minimum Gasteiger partial charge on any atom is -0.465 e. The minimum absolute atomic E-state index is 0.0212. The summed E-state index contributed by atoms with van der Waals surface area (Å²) in [6.45, 7) is 9.57. The van der Waals surface area contributed by atoms with E-state index in [-0.39, 0.29) is 10.7 Å². The van der Waals surface area contributed by atoms with Gasteiger partial charge in [0.15, 0.2) is 5.11 Å². The smallest absolute Gasteiger partial charge is 0.341 e. The lowest BCUT2D eigenvalue weighted by Gasteiger charge is -2.29. The minimum atomic E-state index is -0.549. The first-order chi connectivity index (χ1) is 16.5. The summed E-state index contributed by atoms with van der Waals surface area (Å²) < 4.78 is 6.98. The molecule has 1 aliphatic rings. The van der Waals surface area contributed by atoms with E-state index in [1.807, 2.05) is 63.5 Å². The fraction of sp³-hybridized carbons (Fsp3) is 0.231. The summed E-state index contributed by atoms with van der Waals surface area (Å²) in [4.78, 5) is 41.1. The second kappa shape index (κ2) is 9.24. The number of ether oxygens (including phenoxy) is 1. The van der Waals surface area contributed by atoms with Crippen LogP contribution in [0.15, 0.2) is 35.9 Å². The Morgan fingerprint density at radius 3 is 2.49 bits per heavy atom. The van der Waals surface area contributed by atoms with Gasteiger partial charge in [-0.2, -0.15) is 0 Å². The van der Waals surface area contributed by atoms with E-state index >= 15 is 0 Å². The Hall–Kier alpha value is -3.56. The number of esters is 1. The van der Waals surface area contributed by atoms with E-state index in [1.165, 1.54) is 23.3 Å². The van der Waals surface area contributed by atoms with Gasteiger partial charge in [-0.1, -0.05) is 12.1 Å². The fourth-order valence-electron chi connectivity index (χ4n) is 4.17. The van der Waals surface area contributed by atoms with Gasteiger partial charge in [-0.3, -0.25) is 19.8 Å². The molecule has 0 unspecified atom stereocenters. The van der Waals surface area contributed by atoms with Gasteiger partial charge in [0.05, 0.1) is 18.4 Å². The average molecular weight is 508 g/mol. The third-order valence-corrected chi connectivity index (χ3v) is 7.57. The summed E-state index contributed by atoms with van der Waals surface area (Å²) in [6, 6.07) is 9.24. The number of carbonyl (C=O) groups excluding carboxylic acids is 3. The summed E-state index contributed by atoms with van der Waals surface area (Å²) in [7, 11) is 1.36. The van der Waals surface area contributed by atoms with Gasteiger partial charge in [0.25, 0.3) is 11.8 Å². The largest absolute Gasteiger partial charge is 0.465 e. The highest BCUT2D eigenvalue weighted by atomic mass is 32.1. The topological polar surface area (TPSA) is 80.6 Å². The van der Waals surface area contributed by atoms with Crippen molar-refractivity contribution in [3.63, 3.8) is 0 Å². The summed E-state index contributed by atoms with van der Waals surface area (Å²) in [5.41, 5.74) is 5.25. The van der Waals surface area contributed by atoms with E-state index in [0.717, 1.165) is 32.4 Å². The number of hydrogen-bond acceptors (Lipinski definition) is 6. The number of hydrogen-bond donors (Lipinski definition) is 1. The molecule has 1 aliphatic heterocycles. The van der Waals surface area contributed by atoms with Crippen molar-refractivity contribution in [3.05, 3.63) is 74.4 Å². The molecule has 1 N–H and O–H groups in total. The van der Waals surface area contributed by atoms with E-state index in [0.29, 0.717) is 16.8 Å². The van der Waals surface area contributed by atoms with Crippen LogP contribution in [0.1, 0.15) is 43.3 Å².